The first kappa shape index (κ1) is 19.0. The highest BCUT2D eigenvalue weighted by molar-refractivity contribution is 7.94. The monoisotopic (exact) mass is 388 g/mol. The number of carbonyl (C=O) groups excluding carboxylic acids is 1. The number of para-hydroxylation sites is 1. The van der Waals surface area contributed by atoms with Gasteiger partial charge in [0, 0.05) is 18.0 Å². The van der Waals surface area contributed by atoms with Crippen LogP contribution in [0.3, 0.4) is 0 Å². The Hall–Kier alpha value is -2.80. The lowest BCUT2D eigenvalue weighted by Gasteiger charge is -2.32. The van der Waals surface area contributed by atoms with E-state index in [0.717, 1.165) is 0 Å². The number of benzene rings is 2. The molecule has 0 bridgehead atoms. The van der Waals surface area contributed by atoms with Gasteiger partial charge in [0.25, 0.3) is 0 Å². The van der Waals surface area contributed by atoms with E-state index in [1.807, 2.05) is 4.31 Å². The minimum atomic E-state index is -2.76. The van der Waals surface area contributed by atoms with Crippen molar-refractivity contribution in [1.29, 1.82) is 5.26 Å². The molecular weight excluding hydrogens is 371 g/mol. The van der Waals surface area contributed by atoms with Crippen LogP contribution in [0, 0.1) is 17.3 Å². The van der Waals surface area contributed by atoms with Crippen LogP contribution >= 0.6 is 0 Å². The molecule has 1 amide bonds. The fourth-order valence-electron chi connectivity index (χ4n) is 2.58. The van der Waals surface area contributed by atoms with Gasteiger partial charge in [0.1, 0.15) is 11.6 Å². The van der Waals surface area contributed by atoms with Gasteiger partial charge in [0.05, 0.1) is 23.0 Å². The van der Waals surface area contributed by atoms with E-state index in [1.54, 1.807) is 36.5 Å². The predicted octanol–water partition coefficient (Wildman–Crippen LogP) is 3.63. The molecule has 140 valence electrons. The van der Waals surface area contributed by atoms with Crippen molar-refractivity contribution in [2.75, 3.05) is 26.3 Å². The molecule has 7 nitrogen and oxygen atoms in total. The van der Waals surface area contributed by atoms with Crippen molar-refractivity contribution in [3.8, 4) is 11.9 Å². The maximum atomic E-state index is 13.4. The lowest BCUT2D eigenvalue weighted by Crippen LogP contribution is -2.40. The van der Waals surface area contributed by atoms with E-state index < -0.39 is 21.7 Å². The minimum absolute atomic E-state index is 0.331. The van der Waals surface area contributed by atoms with Crippen molar-refractivity contribution >= 4 is 15.9 Å². The lowest BCUT2D eigenvalue weighted by atomic mass is 10.3. The summed E-state index contributed by atoms with van der Waals surface area (Å²) in [5, 5.41) is 9.31. The van der Waals surface area contributed by atoms with Gasteiger partial charge in [-0.1, -0.05) is 18.2 Å². The molecule has 0 spiro atoms. The largest absolute Gasteiger partial charge is 0.447 e. The normalized spacial score (nSPS) is 16.6. The maximum absolute atomic E-state index is 13.4. The number of ether oxygens (including phenoxy) is 2. The fourth-order valence-corrected chi connectivity index (χ4v) is 4.88. The van der Waals surface area contributed by atoms with Gasteiger partial charge in [-0.25, -0.2) is 13.5 Å². The van der Waals surface area contributed by atoms with E-state index in [9.17, 15) is 14.4 Å². The molecule has 0 aliphatic carbocycles. The van der Waals surface area contributed by atoms with Crippen LogP contribution in [0.1, 0.15) is 0 Å². The molecule has 2 aromatic rings. The number of amides is 1. The zero-order chi connectivity index (χ0) is 19.1. The summed E-state index contributed by atoms with van der Waals surface area (Å²) in [5.41, 5.74) is 0. The number of nitriles is 1. The van der Waals surface area contributed by atoms with Crippen molar-refractivity contribution in [1.82, 2.24) is 4.31 Å². The summed E-state index contributed by atoms with van der Waals surface area (Å²) in [6.07, 6.45) is 0.903. The van der Waals surface area contributed by atoms with Crippen molar-refractivity contribution < 1.29 is 18.7 Å². The van der Waals surface area contributed by atoms with Gasteiger partial charge >= 0.3 is 6.09 Å². The van der Waals surface area contributed by atoms with Crippen molar-refractivity contribution in [2.45, 2.75) is 4.90 Å². The molecule has 0 saturated carbocycles. The summed E-state index contributed by atoms with van der Waals surface area (Å²) in [6.45, 7) is 1.69. The third-order valence-electron chi connectivity index (χ3n) is 3.78. The molecule has 0 aromatic heterocycles. The molecule has 0 N–H and O–H groups in total. The number of hydrogen-bond donors (Lipinski definition) is 0. The summed E-state index contributed by atoms with van der Waals surface area (Å²) >= 11 is 0. The van der Waals surface area contributed by atoms with E-state index >= 15 is 0 Å². The molecule has 1 aliphatic rings. The molecule has 1 heterocycles. The lowest BCUT2D eigenvalue weighted by molar-refractivity contribution is 0.0757. The number of carbonyl (C=O) groups is 1. The summed E-state index contributed by atoms with van der Waals surface area (Å²) in [5.74, 6) is -0.101. The molecule has 1 fully saturated rings. The van der Waals surface area contributed by atoms with E-state index in [0.29, 0.717) is 36.9 Å². The average Bonchev–Trinajstić information content (AvgIpc) is 2.69. The van der Waals surface area contributed by atoms with Crippen molar-refractivity contribution in [3.05, 3.63) is 60.4 Å². The minimum Gasteiger partial charge on any atom is -0.408 e. The Balaban J connectivity index is 2.10. The Kier molecular flexibility index (Phi) is 6.13. The molecular formula is C18H17FN4O3S. The summed E-state index contributed by atoms with van der Waals surface area (Å²) in [7, 11) is -2.76. The molecule has 1 atom stereocenters. The number of halogens is 1. The Labute approximate surface area is 156 Å². The van der Waals surface area contributed by atoms with Gasteiger partial charge in [-0.15, -0.1) is 8.73 Å². The van der Waals surface area contributed by atoms with Gasteiger partial charge in [-0.3, -0.25) is 0 Å². The molecule has 1 unspecified atom stereocenters. The Morgan fingerprint density at radius 2 is 1.81 bits per heavy atom. The molecule has 0 radical (unpaired) electrons. The first-order valence-electron chi connectivity index (χ1n) is 8.17. The SMILES string of the molecule is N#CN=S(=NC(=O)Oc1ccccc1)(c1ccc(F)cc1)N1CCOCC1. The number of hydrogen-bond acceptors (Lipinski definition) is 5. The second kappa shape index (κ2) is 8.73. The first-order chi connectivity index (χ1) is 13.1. The van der Waals surface area contributed by atoms with Crippen LogP contribution in [-0.2, 0) is 14.5 Å². The molecule has 3 rings (SSSR count). The zero-order valence-corrected chi connectivity index (χ0v) is 15.1. The van der Waals surface area contributed by atoms with E-state index in [2.05, 4.69) is 8.73 Å². The molecule has 9 heteroatoms. The number of rotatable bonds is 3. The highest BCUT2D eigenvalue weighted by atomic mass is 32.2. The smallest absolute Gasteiger partial charge is 0.408 e. The van der Waals surface area contributed by atoms with Crippen LogP contribution in [0.5, 0.6) is 5.75 Å². The van der Waals surface area contributed by atoms with Crippen LogP contribution in [0.15, 0.2) is 68.2 Å². The van der Waals surface area contributed by atoms with Gasteiger partial charge in [-0.05, 0) is 36.4 Å². The van der Waals surface area contributed by atoms with Gasteiger partial charge in [0.2, 0.25) is 6.19 Å². The van der Waals surface area contributed by atoms with Crippen LogP contribution < -0.4 is 4.74 Å². The van der Waals surface area contributed by atoms with Crippen LogP contribution in [0.25, 0.3) is 0 Å². The first-order valence-corrected chi connectivity index (χ1v) is 9.67. The maximum Gasteiger partial charge on any atom is 0.447 e. The third-order valence-corrected chi connectivity index (χ3v) is 6.51. The van der Waals surface area contributed by atoms with Gasteiger partial charge in [0.15, 0.2) is 0 Å². The average molecular weight is 388 g/mol. The standard InChI is InChI=1S/C18H17FN4O3S/c19-15-6-8-17(9-7-15)27(21-14-20,23-10-12-25-13-11-23)22-18(24)26-16-4-2-1-3-5-16/h1-9H,10-13H2. The molecule has 1 aliphatic heterocycles. The Morgan fingerprint density at radius 3 is 2.44 bits per heavy atom. The fraction of sp³-hybridized carbons (Fsp3) is 0.222. The summed E-state index contributed by atoms with van der Waals surface area (Å²) in [4.78, 5) is 13.0. The van der Waals surface area contributed by atoms with Gasteiger partial charge < -0.3 is 9.47 Å². The Bertz CT molecular complexity index is 958. The second-order valence-corrected chi connectivity index (χ2v) is 7.87. The summed E-state index contributed by atoms with van der Waals surface area (Å²) < 4.78 is 34.1. The highest BCUT2D eigenvalue weighted by Gasteiger charge is 2.25. The molecule has 27 heavy (non-hydrogen) atoms. The van der Waals surface area contributed by atoms with Crippen molar-refractivity contribution in [3.63, 3.8) is 0 Å². The summed E-state index contributed by atoms with van der Waals surface area (Å²) in [6, 6.07) is 14.0. The van der Waals surface area contributed by atoms with Crippen molar-refractivity contribution in [2.24, 2.45) is 8.73 Å². The second-order valence-electron chi connectivity index (χ2n) is 5.48. The van der Waals surface area contributed by atoms with Crippen LogP contribution in [-0.4, -0.2) is 36.7 Å². The predicted molar refractivity (Wildman–Crippen MR) is 97.4 cm³/mol. The number of morpholine rings is 1. The topological polar surface area (TPSA) is 87.3 Å². The van der Waals surface area contributed by atoms with Crippen LogP contribution in [0.2, 0.25) is 0 Å². The molecule has 1 saturated heterocycles. The van der Waals surface area contributed by atoms with E-state index in [-0.39, 0.29) is 0 Å². The highest BCUT2D eigenvalue weighted by Crippen LogP contribution is 2.24. The van der Waals surface area contributed by atoms with E-state index in [4.69, 9.17) is 9.47 Å². The number of nitrogens with zero attached hydrogens (tertiary/aromatic N) is 4. The molecule has 2 aromatic carbocycles. The van der Waals surface area contributed by atoms with Gasteiger partial charge in [-0.2, -0.15) is 5.26 Å². The van der Waals surface area contributed by atoms with E-state index in [1.165, 1.54) is 24.3 Å². The Morgan fingerprint density at radius 1 is 1.15 bits per heavy atom. The quantitative estimate of drug-likeness (QED) is 0.749. The van der Waals surface area contributed by atoms with Crippen LogP contribution in [0.4, 0.5) is 9.18 Å². The third kappa shape index (κ3) is 4.49. The zero-order valence-electron chi connectivity index (χ0n) is 14.3.